The number of aliphatic imine (C=N–C) groups is 1. The molecule has 1 N–H and O–H groups in total. The summed E-state index contributed by atoms with van der Waals surface area (Å²) >= 11 is 1.27. The summed E-state index contributed by atoms with van der Waals surface area (Å²) < 4.78 is 42.7. The fraction of sp³-hybridized carbons (Fsp3) is 0.324. The summed E-state index contributed by atoms with van der Waals surface area (Å²) in [5, 5.41) is 7.70. The van der Waals surface area contributed by atoms with Crippen LogP contribution >= 0.6 is 11.8 Å². The standard InChI is InChI=1S/C34H35F3N6O3S/c1-5-23-6-15-28(21(2)3)29(18-23)43-30(44)19-47-33(43)40-32(45)38-17-16-22(4)24-7-9-25(10-8-24)31-39-20-42(41-31)26-11-13-27(14-12-26)46-34(35,36)37/h6-15,18,20-22H,5,16-17,19H2,1-4H3,(H,38,45). The van der Waals surface area contributed by atoms with E-state index in [4.69, 9.17) is 0 Å². The van der Waals surface area contributed by atoms with E-state index >= 15 is 0 Å². The Balaban J connectivity index is 1.17. The molecule has 47 heavy (non-hydrogen) atoms. The van der Waals surface area contributed by atoms with Crippen molar-refractivity contribution in [3.8, 4) is 22.8 Å². The van der Waals surface area contributed by atoms with Gasteiger partial charge in [0.15, 0.2) is 11.0 Å². The molecular formula is C34H35F3N6O3S. The molecule has 1 saturated heterocycles. The number of alkyl halides is 3. The van der Waals surface area contributed by atoms with Gasteiger partial charge in [0, 0.05) is 12.1 Å². The Morgan fingerprint density at radius 3 is 2.45 bits per heavy atom. The highest BCUT2D eigenvalue weighted by atomic mass is 32.2. The summed E-state index contributed by atoms with van der Waals surface area (Å²) in [6.07, 6.45) is -1.76. The summed E-state index contributed by atoms with van der Waals surface area (Å²) in [5.74, 6) is 0.615. The van der Waals surface area contributed by atoms with Crippen molar-refractivity contribution in [3.05, 3.63) is 89.7 Å². The zero-order valence-corrected chi connectivity index (χ0v) is 27.2. The lowest BCUT2D eigenvalue weighted by Gasteiger charge is -2.22. The van der Waals surface area contributed by atoms with E-state index in [9.17, 15) is 22.8 Å². The van der Waals surface area contributed by atoms with Gasteiger partial charge < -0.3 is 10.1 Å². The Kier molecular flexibility index (Phi) is 10.3. The third-order valence-corrected chi connectivity index (χ3v) is 8.67. The van der Waals surface area contributed by atoms with Crippen molar-refractivity contribution in [1.82, 2.24) is 20.1 Å². The summed E-state index contributed by atoms with van der Waals surface area (Å²) in [6, 6.07) is 18.8. The minimum Gasteiger partial charge on any atom is -0.406 e. The number of hydrogen-bond acceptors (Lipinski definition) is 6. The molecular weight excluding hydrogens is 629 g/mol. The Hall–Kier alpha value is -4.65. The molecule has 1 atom stereocenters. The number of urea groups is 1. The third kappa shape index (κ3) is 8.39. The fourth-order valence-corrected chi connectivity index (χ4v) is 6.00. The first-order valence-corrected chi connectivity index (χ1v) is 16.2. The van der Waals surface area contributed by atoms with Crippen LogP contribution in [-0.2, 0) is 11.2 Å². The molecule has 1 unspecified atom stereocenters. The van der Waals surface area contributed by atoms with Gasteiger partial charge in [-0.2, -0.15) is 4.99 Å². The monoisotopic (exact) mass is 664 g/mol. The summed E-state index contributed by atoms with van der Waals surface area (Å²) in [7, 11) is 0. The second-order valence-corrected chi connectivity index (χ2v) is 12.4. The van der Waals surface area contributed by atoms with Crippen molar-refractivity contribution in [3.63, 3.8) is 0 Å². The van der Waals surface area contributed by atoms with Gasteiger partial charge >= 0.3 is 12.4 Å². The molecule has 5 rings (SSSR count). The molecule has 1 aromatic heterocycles. The lowest BCUT2D eigenvalue weighted by molar-refractivity contribution is -0.274. The highest BCUT2D eigenvalue weighted by Crippen LogP contribution is 2.34. The van der Waals surface area contributed by atoms with E-state index < -0.39 is 12.4 Å². The number of nitrogens with zero attached hydrogens (tertiary/aromatic N) is 5. The Morgan fingerprint density at radius 1 is 1.06 bits per heavy atom. The smallest absolute Gasteiger partial charge is 0.406 e. The molecule has 0 bridgehead atoms. The van der Waals surface area contributed by atoms with Gasteiger partial charge in [0.1, 0.15) is 12.1 Å². The number of rotatable bonds is 10. The number of anilines is 1. The minimum absolute atomic E-state index is 0.0932. The highest BCUT2D eigenvalue weighted by molar-refractivity contribution is 8.15. The summed E-state index contributed by atoms with van der Waals surface area (Å²) in [5.41, 5.74) is 5.30. The largest absolute Gasteiger partial charge is 0.573 e. The van der Waals surface area contributed by atoms with Crippen molar-refractivity contribution in [2.75, 3.05) is 17.2 Å². The van der Waals surface area contributed by atoms with Crippen LogP contribution in [-0.4, -0.2) is 50.5 Å². The topological polar surface area (TPSA) is 102 Å². The number of carbonyl (C=O) groups excluding carboxylic acids is 2. The van der Waals surface area contributed by atoms with Gasteiger partial charge in [-0.25, -0.2) is 14.5 Å². The van der Waals surface area contributed by atoms with E-state index in [1.807, 2.05) is 36.4 Å². The van der Waals surface area contributed by atoms with Crippen molar-refractivity contribution >= 4 is 34.6 Å². The molecule has 1 fully saturated rings. The van der Waals surface area contributed by atoms with Crippen LogP contribution in [0.2, 0.25) is 0 Å². The SMILES string of the molecule is CCc1ccc(C(C)C)c(N2C(=O)CSC2=NC(=O)NCCC(C)c2ccc(-c3ncn(-c4ccc(OC(F)(F)F)cc4)n3)cc2)c1. The second-order valence-electron chi connectivity index (χ2n) is 11.4. The molecule has 3 aromatic carbocycles. The molecule has 0 spiro atoms. The van der Waals surface area contributed by atoms with Crippen molar-refractivity contribution in [2.24, 2.45) is 4.99 Å². The van der Waals surface area contributed by atoms with E-state index in [2.05, 4.69) is 58.9 Å². The molecule has 2 heterocycles. The maximum Gasteiger partial charge on any atom is 0.573 e. The van der Waals surface area contributed by atoms with Crippen LogP contribution in [0, 0.1) is 0 Å². The Labute approximate surface area is 275 Å². The Bertz CT molecular complexity index is 1750. The normalized spacial score (nSPS) is 15.0. The number of nitrogens with one attached hydrogen (secondary N) is 1. The summed E-state index contributed by atoms with van der Waals surface area (Å²) in [6.45, 7) is 8.68. The second kappa shape index (κ2) is 14.4. The predicted molar refractivity (Wildman–Crippen MR) is 177 cm³/mol. The van der Waals surface area contributed by atoms with Crippen LogP contribution in [0.3, 0.4) is 0 Å². The van der Waals surface area contributed by atoms with Crippen LogP contribution in [0.25, 0.3) is 17.1 Å². The van der Waals surface area contributed by atoms with Crippen LogP contribution in [0.15, 0.2) is 78.0 Å². The number of amidine groups is 1. The molecule has 13 heteroatoms. The number of benzene rings is 3. The quantitative estimate of drug-likeness (QED) is 0.185. The van der Waals surface area contributed by atoms with Crippen LogP contribution in [0.1, 0.15) is 62.6 Å². The maximum atomic E-state index is 12.9. The number of aryl methyl sites for hydroxylation is 1. The number of hydrogen-bond donors (Lipinski definition) is 1. The number of thioether (sulfide) groups is 1. The van der Waals surface area contributed by atoms with Gasteiger partial charge in [0.05, 0.1) is 17.1 Å². The third-order valence-electron chi connectivity index (χ3n) is 7.75. The van der Waals surface area contributed by atoms with Gasteiger partial charge in [-0.15, -0.1) is 18.3 Å². The van der Waals surface area contributed by atoms with Gasteiger partial charge in [0.2, 0.25) is 5.91 Å². The van der Waals surface area contributed by atoms with Crippen molar-refractivity contribution in [1.29, 1.82) is 0 Å². The van der Waals surface area contributed by atoms with E-state index in [-0.39, 0.29) is 29.2 Å². The van der Waals surface area contributed by atoms with Gasteiger partial charge in [0.25, 0.3) is 0 Å². The lowest BCUT2D eigenvalue weighted by Crippen LogP contribution is -2.32. The number of carbonyl (C=O) groups is 2. The molecule has 0 aliphatic carbocycles. The van der Waals surface area contributed by atoms with Gasteiger partial charge in [-0.1, -0.05) is 75.9 Å². The number of halogens is 3. The molecule has 1 aliphatic heterocycles. The maximum absolute atomic E-state index is 12.9. The zero-order valence-electron chi connectivity index (χ0n) is 26.4. The van der Waals surface area contributed by atoms with E-state index in [0.29, 0.717) is 29.6 Å². The van der Waals surface area contributed by atoms with E-state index in [0.717, 1.165) is 34.4 Å². The first-order chi connectivity index (χ1) is 22.4. The highest BCUT2D eigenvalue weighted by Gasteiger charge is 2.33. The number of aromatic nitrogens is 3. The van der Waals surface area contributed by atoms with E-state index in [1.54, 1.807) is 4.90 Å². The average Bonchev–Trinajstić information content (AvgIpc) is 3.67. The molecule has 4 aromatic rings. The number of ether oxygens (including phenoxy) is 1. The molecule has 9 nitrogen and oxygen atoms in total. The molecule has 246 valence electrons. The van der Waals surface area contributed by atoms with Crippen LogP contribution in [0.4, 0.5) is 23.7 Å². The molecule has 3 amide bonds. The van der Waals surface area contributed by atoms with Crippen molar-refractivity contribution in [2.45, 2.75) is 58.7 Å². The van der Waals surface area contributed by atoms with Crippen LogP contribution in [0.5, 0.6) is 5.75 Å². The van der Waals surface area contributed by atoms with Crippen molar-refractivity contribution < 1.29 is 27.5 Å². The minimum atomic E-state index is -4.76. The van der Waals surface area contributed by atoms with Gasteiger partial charge in [-0.05, 0) is 71.7 Å². The first-order valence-electron chi connectivity index (χ1n) is 15.2. The molecule has 1 aliphatic rings. The fourth-order valence-electron chi connectivity index (χ4n) is 5.14. The first kappa shape index (κ1) is 33.7. The molecule has 0 saturated carbocycles. The van der Waals surface area contributed by atoms with Crippen LogP contribution < -0.4 is 15.0 Å². The molecule has 0 radical (unpaired) electrons. The predicted octanol–water partition coefficient (Wildman–Crippen LogP) is 7.86. The lowest BCUT2D eigenvalue weighted by atomic mass is 9.96. The number of amides is 3. The Morgan fingerprint density at radius 2 is 1.79 bits per heavy atom. The summed E-state index contributed by atoms with van der Waals surface area (Å²) in [4.78, 5) is 35.9. The van der Waals surface area contributed by atoms with Gasteiger partial charge in [-0.3, -0.25) is 9.69 Å². The van der Waals surface area contributed by atoms with E-state index in [1.165, 1.54) is 47.0 Å². The zero-order chi connectivity index (χ0) is 33.7. The average molecular weight is 665 g/mol.